The Morgan fingerprint density at radius 2 is 2.21 bits per heavy atom. The van der Waals surface area contributed by atoms with Gasteiger partial charge in [-0.1, -0.05) is 23.8 Å². The van der Waals surface area contributed by atoms with Crippen molar-refractivity contribution in [2.45, 2.75) is 19.3 Å². The number of allylic oxidation sites excluding steroid dienone is 2. The first kappa shape index (κ1) is 12.7. The first-order valence-corrected chi connectivity index (χ1v) is 7.13. The van der Waals surface area contributed by atoms with Crippen LogP contribution in [0, 0.1) is 11.8 Å². The third kappa shape index (κ3) is 2.66. The van der Waals surface area contributed by atoms with E-state index in [4.69, 9.17) is 4.74 Å². The first-order chi connectivity index (χ1) is 9.26. The molecule has 1 saturated carbocycles. The van der Waals surface area contributed by atoms with Gasteiger partial charge in [-0.2, -0.15) is 0 Å². The number of fused-ring (bicyclic) bond motifs is 2. The van der Waals surface area contributed by atoms with Crippen LogP contribution in [0.15, 0.2) is 35.5 Å². The number of methoxy groups -OCH3 is 1. The summed E-state index contributed by atoms with van der Waals surface area (Å²) in [6, 6.07) is 0. The number of carbonyl (C=O) groups is 1. The van der Waals surface area contributed by atoms with Gasteiger partial charge >= 0.3 is 5.97 Å². The zero-order valence-corrected chi connectivity index (χ0v) is 11.5. The summed E-state index contributed by atoms with van der Waals surface area (Å²) in [4.78, 5) is 13.8. The second-order valence-corrected chi connectivity index (χ2v) is 5.75. The minimum absolute atomic E-state index is 0.198. The highest BCUT2D eigenvalue weighted by Gasteiger charge is 2.42. The number of esters is 1. The predicted octanol–water partition coefficient (Wildman–Crippen LogP) is 2.31. The lowest BCUT2D eigenvalue weighted by atomic mass is 9.66. The topological polar surface area (TPSA) is 29.5 Å². The highest BCUT2D eigenvalue weighted by molar-refractivity contribution is 5.83. The maximum atomic E-state index is 11.3. The van der Waals surface area contributed by atoms with Crippen LogP contribution in [0.25, 0.3) is 0 Å². The second kappa shape index (κ2) is 5.33. The molecule has 3 fully saturated rings. The Morgan fingerprint density at radius 3 is 2.84 bits per heavy atom. The van der Waals surface area contributed by atoms with Gasteiger partial charge in [-0.25, -0.2) is 4.79 Å². The van der Waals surface area contributed by atoms with Crippen molar-refractivity contribution in [1.29, 1.82) is 0 Å². The van der Waals surface area contributed by atoms with Crippen LogP contribution in [0.1, 0.15) is 19.3 Å². The van der Waals surface area contributed by atoms with Crippen LogP contribution < -0.4 is 0 Å². The maximum absolute atomic E-state index is 11.3. The lowest BCUT2D eigenvalue weighted by Crippen LogP contribution is -2.51. The van der Waals surface area contributed by atoms with Gasteiger partial charge in [-0.05, 0) is 36.7 Å². The van der Waals surface area contributed by atoms with E-state index >= 15 is 0 Å². The van der Waals surface area contributed by atoms with Gasteiger partial charge in [0, 0.05) is 25.7 Å². The summed E-state index contributed by atoms with van der Waals surface area (Å²) in [6.07, 6.45) is 12.2. The third-order valence-corrected chi connectivity index (χ3v) is 4.43. The molecule has 4 rings (SSSR count). The normalized spacial score (nSPS) is 29.5. The molecule has 0 spiro atoms. The van der Waals surface area contributed by atoms with Gasteiger partial charge in [0.2, 0.25) is 0 Å². The van der Waals surface area contributed by atoms with Crippen molar-refractivity contribution in [2.24, 2.45) is 11.8 Å². The van der Waals surface area contributed by atoms with Crippen LogP contribution in [-0.4, -0.2) is 37.6 Å². The molecule has 2 unspecified atom stereocenters. The first-order valence-electron chi connectivity index (χ1n) is 7.13. The number of hydrogen-bond acceptors (Lipinski definition) is 3. The zero-order chi connectivity index (χ0) is 13.2. The molecule has 0 aromatic rings. The van der Waals surface area contributed by atoms with Gasteiger partial charge in [-0.15, -0.1) is 0 Å². The number of piperidine rings is 2. The molecule has 2 atom stereocenters. The molecule has 3 heteroatoms. The summed E-state index contributed by atoms with van der Waals surface area (Å²) in [5, 5.41) is 0. The molecule has 0 aromatic heterocycles. The van der Waals surface area contributed by atoms with Crippen molar-refractivity contribution in [1.82, 2.24) is 4.90 Å². The standard InChI is InChI=1S/C16H21NO2/c1-19-16(18)8-15-13-7-14(15)11-17(10-13)9-12-5-3-2-4-6-12/h3,5-6,8,13-14H,2,4,7,9-11H2,1H3. The van der Waals surface area contributed by atoms with Crippen LogP contribution in [0.3, 0.4) is 0 Å². The monoisotopic (exact) mass is 259 g/mol. The van der Waals surface area contributed by atoms with E-state index in [0.717, 1.165) is 19.6 Å². The van der Waals surface area contributed by atoms with E-state index in [1.165, 1.54) is 37.5 Å². The van der Waals surface area contributed by atoms with E-state index in [0.29, 0.717) is 11.8 Å². The second-order valence-electron chi connectivity index (χ2n) is 5.75. The third-order valence-electron chi connectivity index (χ3n) is 4.43. The van der Waals surface area contributed by atoms with Crippen molar-refractivity contribution in [3.05, 3.63) is 35.5 Å². The Balaban J connectivity index is 1.58. The highest BCUT2D eigenvalue weighted by atomic mass is 16.5. The number of rotatable bonds is 3. The van der Waals surface area contributed by atoms with Crippen molar-refractivity contribution < 1.29 is 9.53 Å². The molecule has 2 aliphatic heterocycles. The molecule has 19 heavy (non-hydrogen) atoms. The van der Waals surface area contributed by atoms with Crippen molar-refractivity contribution in [3.8, 4) is 0 Å². The van der Waals surface area contributed by atoms with Gasteiger partial charge in [0.1, 0.15) is 0 Å². The molecule has 4 aliphatic rings. The molecule has 2 saturated heterocycles. The predicted molar refractivity (Wildman–Crippen MR) is 74.6 cm³/mol. The molecule has 0 N–H and O–H groups in total. The number of hydrogen-bond donors (Lipinski definition) is 0. The lowest BCUT2D eigenvalue weighted by molar-refractivity contribution is -0.135. The quantitative estimate of drug-likeness (QED) is 0.575. The average Bonchev–Trinajstić information content (AvgIpc) is 2.45. The SMILES string of the molecule is COC(=O)C=C1C2CC1CN(CC1=CCCC=C1)C2. The van der Waals surface area contributed by atoms with Gasteiger partial charge in [0.15, 0.2) is 0 Å². The zero-order valence-electron chi connectivity index (χ0n) is 11.5. The Morgan fingerprint density at radius 1 is 1.42 bits per heavy atom. The summed E-state index contributed by atoms with van der Waals surface area (Å²) in [7, 11) is 1.45. The fourth-order valence-electron chi connectivity index (χ4n) is 3.45. The fourth-order valence-corrected chi connectivity index (χ4v) is 3.45. The molecule has 3 nitrogen and oxygen atoms in total. The van der Waals surface area contributed by atoms with Gasteiger partial charge in [0.05, 0.1) is 7.11 Å². The van der Waals surface area contributed by atoms with Gasteiger partial charge in [-0.3, -0.25) is 4.90 Å². The summed E-state index contributed by atoms with van der Waals surface area (Å²) < 4.78 is 4.72. The Bertz CT molecular complexity index is 447. The number of ether oxygens (including phenoxy) is 1. The van der Waals surface area contributed by atoms with E-state index in [-0.39, 0.29) is 5.97 Å². The molecule has 102 valence electrons. The van der Waals surface area contributed by atoms with Crippen LogP contribution in [0.4, 0.5) is 0 Å². The molecular formula is C16H21NO2. The lowest BCUT2D eigenvalue weighted by Gasteiger charge is -2.49. The van der Waals surface area contributed by atoms with E-state index in [9.17, 15) is 4.79 Å². The minimum Gasteiger partial charge on any atom is -0.466 e. The summed E-state index contributed by atoms with van der Waals surface area (Å²) in [5.41, 5.74) is 2.77. The molecule has 2 aliphatic carbocycles. The molecule has 0 radical (unpaired) electrons. The highest BCUT2D eigenvalue weighted by Crippen LogP contribution is 2.45. The van der Waals surface area contributed by atoms with E-state index in [1.807, 2.05) is 0 Å². The van der Waals surface area contributed by atoms with Crippen LogP contribution in [-0.2, 0) is 9.53 Å². The summed E-state index contributed by atoms with van der Waals surface area (Å²) >= 11 is 0. The Hall–Kier alpha value is -1.35. The van der Waals surface area contributed by atoms with Gasteiger partial charge in [0.25, 0.3) is 0 Å². The number of carbonyl (C=O) groups excluding carboxylic acids is 1. The molecular weight excluding hydrogens is 238 g/mol. The van der Waals surface area contributed by atoms with E-state index in [2.05, 4.69) is 23.1 Å². The fraction of sp³-hybridized carbons (Fsp3) is 0.562. The van der Waals surface area contributed by atoms with Crippen molar-refractivity contribution in [2.75, 3.05) is 26.7 Å². The smallest absolute Gasteiger partial charge is 0.330 e. The average molecular weight is 259 g/mol. The van der Waals surface area contributed by atoms with Gasteiger partial charge < -0.3 is 4.74 Å². The van der Waals surface area contributed by atoms with E-state index in [1.54, 1.807) is 6.08 Å². The van der Waals surface area contributed by atoms with Crippen molar-refractivity contribution in [3.63, 3.8) is 0 Å². The minimum atomic E-state index is -0.198. The van der Waals surface area contributed by atoms with Crippen LogP contribution in [0.2, 0.25) is 0 Å². The van der Waals surface area contributed by atoms with Crippen molar-refractivity contribution >= 4 is 5.97 Å². The summed E-state index contributed by atoms with van der Waals surface area (Å²) in [6.45, 7) is 3.24. The maximum Gasteiger partial charge on any atom is 0.330 e. The Labute approximate surface area is 114 Å². The Kier molecular flexibility index (Phi) is 3.56. The molecule has 2 bridgehead atoms. The molecule has 2 heterocycles. The largest absolute Gasteiger partial charge is 0.466 e. The number of nitrogens with zero attached hydrogens (tertiary/aromatic N) is 1. The van der Waals surface area contributed by atoms with E-state index < -0.39 is 0 Å². The molecule has 0 aromatic carbocycles. The van der Waals surface area contributed by atoms with Crippen LogP contribution >= 0.6 is 0 Å². The summed E-state index contributed by atoms with van der Waals surface area (Å²) in [5.74, 6) is 0.952. The van der Waals surface area contributed by atoms with Crippen LogP contribution in [0.5, 0.6) is 0 Å². The molecule has 0 amide bonds.